The molecule has 0 unspecified atom stereocenters. The van der Waals surface area contributed by atoms with Gasteiger partial charge in [0.25, 0.3) is 5.91 Å². The Labute approximate surface area is 194 Å². The van der Waals surface area contributed by atoms with Gasteiger partial charge in [-0.15, -0.1) is 0 Å². The smallest absolute Gasteiger partial charge is 0.264 e. The average Bonchev–Trinajstić information content (AvgIpc) is 3.20. The summed E-state index contributed by atoms with van der Waals surface area (Å²) in [5.41, 5.74) is 1.58. The Morgan fingerprint density at radius 1 is 1.06 bits per heavy atom. The molecule has 5 rings (SSSR count). The molecule has 5 aromatic rings. The van der Waals surface area contributed by atoms with E-state index in [0.717, 1.165) is 14.7 Å². The highest BCUT2D eigenvalue weighted by Crippen LogP contribution is 2.31. The number of nitrogens with one attached hydrogen (secondary N) is 1. The van der Waals surface area contributed by atoms with Crippen LogP contribution in [0.5, 0.6) is 5.75 Å². The van der Waals surface area contributed by atoms with E-state index in [2.05, 4.69) is 26.2 Å². The van der Waals surface area contributed by atoms with Crippen molar-refractivity contribution < 1.29 is 13.9 Å². The monoisotopic (exact) mass is 506 g/mol. The maximum atomic E-state index is 13.1. The summed E-state index contributed by atoms with van der Waals surface area (Å²) in [6.45, 7) is -0.359. The number of nitrogens with zero attached hydrogens (tertiary/aromatic N) is 1. The number of halogens is 1. The van der Waals surface area contributed by atoms with Gasteiger partial charge in [-0.1, -0.05) is 69.7 Å². The van der Waals surface area contributed by atoms with Crippen LogP contribution in [0.4, 0.5) is 5.13 Å². The Hall–Kier alpha value is -3.49. The van der Waals surface area contributed by atoms with E-state index in [4.69, 9.17) is 9.15 Å². The third-order valence-corrected chi connectivity index (χ3v) is 6.18. The lowest BCUT2D eigenvalue weighted by atomic mass is 10.1. The van der Waals surface area contributed by atoms with Crippen LogP contribution >= 0.6 is 27.3 Å². The first kappa shape index (κ1) is 20.4. The van der Waals surface area contributed by atoms with Gasteiger partial charge in [0.15, 0.2) is 17.5 Å². The summed E-state index contributed by atoms with van der Waals surface area (Å²) < 4.78 is 13.6. The van der Waals surface area contributed by atoms with Crippen LogP contribution in [0.15, 0.2) is 86.5 Å². The second-order valence-corrected chi connectivity index (χ2v) is 8.87. The lowest BCUT2D eigenvalue weighted by Crippen LogP contribution is -2.22. The fourth-order valence-corrected chi connectivity index (χ4v) is 4.49. The van der Waals surface area contributed by atoms with E-state index in [1.165, 1.54) is 11.3 Å². The zero-order valence-corrected chi connectivity index (χ0v) is 18.9. The first-order valence-electron chi connectivity index (χ1n) is 9.68. The maximum Gasteiger partial charge on any atom is 0.264 e. The molecule has 0 aliphatic rings. The molecule has 0 fully saturated rings. The lowest BCUT2D eigenvalue weighted by Gasteiger charge is -2.11. The van der Waals surface area contributed by atoms with Crippen molar-refractivity contribution in [3.63, 3.8) is 0 Å². The zero-order valence-electron chi connectivity index (χ0n) is 16.5. The number of amides is 1. The summed E-state index contributed by atoms with van der Waals surface area (Å²) in [7, 11) is 0. The van der Waals surface area contributed by atoms with Crippen molar-refractivity contribution in [3.05, 3.63) is 87.5 Å². The maximum absolute atomic E-state index is 13.1. The summed E-state index contributed by atoms with van der Waals surface area (Å²) >= 11 is 4.77. The van der Waals surface area contributed by atoms with Crippen LogP contribution < -0.4 is 15.5 Å². The van der Waals surface area contributed by atoms with Crippen molar-refractivity contribution in [1.82, 2.24) is 4.98 Å². The van der Waals surface area contributed by atoms with Gasteiger partial charge in [-0.05, 0) is 30.3 Å². The molecule has 8 heteroatoms. The van der Waals surface area contributed by atoms with Crippen molar-refractivity contribution in [2.24, 2.45) is 0 Å². The molecule has 3 aromatic carbocycles. The molecule has 0 aliphatic carbocycles. The second kappa shape index (κ2) is 8.57. The van der Waals surface area contributed by atoms with Gasteiger partial charge in [-0.3, -0.25) is 14.9 Å². The predicted molar refractivity (Wildman–Crippen MR) is 129 cm³/mol. The van der Waals surface area contributed by atoms with Gasteiger partial charge in [0, 0.05) is 10.0 Å². The van der Waals surface area contributed by atoms with E-state index >= 15 is 0 Å². The number of carbonyl (C=O) groups excluding carboxylic acids is 1. The van der Waals surface area contributed by atoms with Crippen molar-refractivity contribution in [3.8, 4) is 17.1 Å². The Morgan fingerprint density at radius 3 is 2.69 bits per heavy atom. The van der Waals surface area contributed by atoms with Gasteiger partial charge < -0.3 is 9.15 Å². The summed E-state index contributed by atoms with van der Waals surface area (Å²) in [5, 5.41) is 3.58. The van der Waals surface area contributed by atoms with E-state index < -0.39 is 5.91 Å². The van der Waals surface area contributed by atoms with Crippen molar-refractivity contribution in [1.29, 1.82) is 0 Å². The Kier molecular flexibility index (Phi) is 5.46. The van der Waals surface area contributed by atoms with Gasteiger partial charge in [-0.25, -0.2) is 4.98 Å². The van der Waals surface area contributed by atoms with Crippen molar-refractivity contribution >= 4 is 59.5 Å². The third-order valence-electron chi connectivity index (χ3n) is 4.74. The number of anilines is 1. The van der Waals surface area contributed by atoms with E-state index in [1.807, 2.05) is 48.5 Å². The molecular formula is C24H15BrN2O4S. The molecule has 32 heavy (non-hydrogen) atoms. The van der Waals surface area contributed by atoms with Gasteiger partial charge >= 0.3 is 0 Å². The molecule has 6 nitrogen and oxygen atoms in total. The standard InChI is InChI=1S/C24H15BrN2O4S/c25-15-10-11-19-17(12-15)26-24(32-19)27-20(28)13-30-23-21(29)16-8-4-5-9-18(16)31-22(23)14-6-2-1-3-7-14/h1-12H,13H2,(H,26,27,28). The predicted octanol–water partition coefficient (Wildman–Crippen LogP) is 5.85. The van der Waals surface area contributed by atoms with Crippen LogP contribution in [0.1, 0.15) is 0 Å². The number of fused-ring (bicyclic) bond motifs is 2. The molecule has 0 saturated heterocycles. The molecule has 0 saturated carbocycles. The van der Waals surface area contributed by atoms with Crippen LogP contribution in [0.25, 0.3) is 32.5 Å². The first-order valence-corrected chi connectivity index (χ1v) is 11.3. The number of thiazole rings is 1. The zero-order chi connectivity index (χ0) is 22.1. The minimum Gasteiger partial charge on any atom is -0.476 e. The largest absolute Gasteiger partial charge is 0.476 e. The Balaban J connectivity index is 1.43. The number of hydrogen-bond donors (Lipinski definition) is 1. The van der Waals surface area contributed by atoms with E-state index in [9.17, 15) is 9.59 Å². The van der Waals surface area contributed by atoms with E-state index in [1.54, 1.807) is 24.3 Å². The normalized spacial score (nSPS) is 11.0. The molecule has 158 valence electrons. The third kappa shape index (κ3) is 4.02. The Bertz CT molecular complexity index is 1510. The van der Waals surface area contributed by atoms with Crippen molar-refractivity contribution in [2.45, 2.75) is 0 Å². The molecule has 0 spiro atoms. The average molecular weight is 507 g/mol. The van der Waals surface area contributed by atoms with E-state index in [-0.39, 0.29) is 23.5 Å². The molecule has 1 amide bonds. The summed E-state index contributed by atoms with van der Waals surface area (Å²) in [5.74, 6) is -0.139. The van der Waals surface area contributed by atoms with Gasteiger partial charge in [0.2, 0.25) is 11.2 Å². The molecule has 1 N–H and O–H groups in total. The number of rotatable bonds is 5. The van der Waals surface area contributed by atoms with E-state index in [0.29, 0.717) is 21.7 Å². The van der Waals surface area contributed by atoms with Crippen LogP contribution in [0.3, 0.4) is 0 Å². The number of hydrogen-bond acceptors (Lipinski definition) is 6. The number of ether oxygens (including phenoxy) is 1. The molecule has 2 aromatic heterocycles. The number of carbonyl (C=O) groups is 1. The number of aromatic nitrogens is 1. The van der Waals surface area contributed by atoms with Crippen LogP contribution in [-0.2, 0) is 4.79 Å². The molecule has 2 heterocycles. The molecular weight excluding hydrogens is 492 g/mol. The van der Waals surface area contributed by atoms with Gasteiger partial charge in [0.1, 0.15) is 5.58 Å². The van der Waals surface area contributed by atoms with Crippen molar-refractivity contribution in [2.75, 3.05) is 11.9 Å². The Morgan fingerprint density at radius 2 is 1.84 bits per heavy atom. The highest BCUT2D eigenvalue weighted by molar-refractivity contribution is 9.10. The SMILES string of the molecule is O=C(COc1c(-c2ccccc2)oc2ccccc2c1=O)Nc1nc2cc(Br)ccc2s1. The first-order chi connectivity index (χ1) is 15.6. The molecule has 0 aliphatic heterocycles. The summed E-state index contributed by atoms with van der Waals surface area (Å²) in [6, 6.07) is 21.9. The molecule has 0 radical (unpaired) electrons. The summed E-state index contributed by atoms with van der Waals surface area (Å²) in [6.07, 6.45) is 0. The quantitative estimate of drug-likeness (QED) is 0.323. The number of para-hydroxylation sites is 1. The molecule has 0 atom stereocenters. The summed E-state index contributed by atoms with van der Waals surface area (Å²) in [4.78, 5) is 30.1. The van der Waals surface area contributed by atoms with Crippen LogP contribution in [-0.4, -0.2) is 17.5 Å². The lowest BCUT2D eigenvalue weighted by molar-refractivity contribution is -0.118. The molecule has 0 bridgehead atoms. The topological polar surface area (TPSA) is 81.4 Å². The minimum atomic E-state index is -0.422. The van der Waals surface area contributed by atoms with Crippen LogP contribution in [0, 0.1) is 0 Å². The number of benzene rings is 3. The second-order valence-electron chi connectivity index (χ2n) is 6.92. The minimum absolute atomic E-state index is 0.00159. The van der Waals surface area contributed by atoms with Gasteiger partial charge in [-0.2, -0.15) is 0 Å². The fraction of sp³-hybridized carbons (Fsp3) is 0.0417. The van der Waals surface area contributed by atoms with Crippen LogP contribution in [0.2, 0.25) is 0 Å². The fourth-order valence-electron chi connectivity index (χ4n) is 3.28. The highest BCUT2D eigenvalue weighted by Gasteiger charge is 2.19. The van der Waals surface area contributed by atoms with Gasteiger partial charge in [0.05, 0.1) is 15.6 Å². The highest BCUT2D eigenvalue weighted by atomic mass is 79.9.